The number of benzene rings is 2. The lowest BCUT2D eigenvalue weighted by Gasteiger charge is -2.09. The standard InChI is InChI=1S/C22H24OSi/c1-17-9-8-10-18(2)20(17)14-13-19-11-6-7-12-21(19)22(23)15-16-24(3,4)5/h6-12,22-23H,1-5H3. The van der Waals surface area contributed by atoms with E-state index in [2.05, 4.69) is 68.9 Å². The van der Waals surface area contributed by atoms with Crippen LogP contribution in [-0.2, 0) is 0 Å². The van der Waals surface area contributed by atoms with E-state index in [0.29, 0.717) is 0 Å². The number of hydrogen-bond acceptors (Lipinski definition) is 1. The number of aryl methyl sites for hydroxylation is 2. The molecule has 0 heterocycles. The van der Waals surface area contributed by atoms with Crippen LogP contribution in [0.25, 0.3) is 0 Å². The Morgan fingerprint density at radius 3 is 2.12 bits per heavy atom. The van der Waals surface area contributed by atoms with Gasteiger partial charge in [0.2, 0.25) is 0 Å². The van der Waals surface area contributed by atoms with Crippen LogP contribution >= 0.6 is 0 Å². The SMILES string of the molecule is Cc1cccc(C)c1C#Cc1ccccc1C(O)C#C[Si](C)(C)C. The topological polar surface area (TPSA) is 20.2 Å². The second-order valence-electron chi connectivity index (χ2n) is 7.03. The average molecular weight is 333 g/mol. The van der Waals surface area contributed by atoms with Crippen LogP contribution in [-0.4, -0.2) is 13.2 Å². The molecule has 0 amide bonds. The third kappa shape index (κ3) is 4.87. The van der Waals surface area contributed by atoms with Gasteiger partial charge >= 0.3 is 0 Å². The van der Waals surface area contributed by atoms with E-state index >= 15 is 0 Å². The fraction of sp³-hybridized carbons (Fsp3) is 0.273. The predicted octanol–water partition coefficient (Wildman–Crippen LogP) is 4.62. The maximum atomic E-state index is 10.5. The lowest BCUT2D eigenvalue weighted by Crippen LogP contribution is -2.17. The molecular weight excluding hydrogens is 308 g/mol. The molecule has 2 rings (SSSR count). The Bertz CT molecular complexity index is 831. The van der Waals surface area contributed by atoms with Gasteiger partial charge in [-0.1, -0.05) is 73.8 Å². The van der Waals surface area contributed by atoms with Crippen LogP contribution in [0.15, 0.2) is 42.5 Å². The van der Waals surface area contributed by atoms with Gasteiger partial charge in [0.05, 0.1) is 0 Å². The van der Waals surface area contributed by atoms with Gasteiger partial charge in [0, 0.05) is 16.7 Å². The summed E-state index contributed by atoms with van der Waals surface area (Å²) in [4.78, 5) is 0. The second kappa shape index (κ2) is 7.54. The second-order valence-corrected chi connectivity index (χ2v) is 11.8. The van der Waals surface area contributed by atoms with E-state index in [9.17, 15) is 5.11 Å². The maximum absolute atomic E-state index is 10.5. The minimum atomic E-state index is -1.51. The van der Waals surface area contributed by atoms with Crippen LogP contribution in [0.3, 0.4) is 0 Å². The molecule has 24 heavy (non-hydrogen) atoms. The smallest absolute Gasteiger partial charge is 0.140 e. The average Bonchev–Trinajstić information content (AvgIpc) is 2.52. The quantitative estimate of drug-likeness (QED) is 0.597. The lowest BCUT2D eigenvalue weighted by molar-refractivity contribution is 0.238. The highest BCUT2D eigenvalue weighted by Gasteiger charge is 2.11. The van der Waals surface area contributed by atoms with Crippen molar-refractivity contribution in [2.75, 3.05) is 0 Å². The van der Waals surface area contributed by atoms with E-state index in [1.165, 1.54) is 11.1 Å². The summed E-state index contributed by atoms with van der Waals surface area (Å²) in [6, 6.07) is 13.9. The van der Waals surface area contributed by atoms with Gasteiger partial charge in [-0.3, -0.25) is 0 Å². The summed E-state index contributed by atoms with van der Waals surface area (Å²) in [5.41, 5.74) is 8.22. The fourth-order valence-corrected chi connectivity index (χ4v) is 2.92. The van der Waals surface area contributed by atoms with Crippen molar-refractivity contribution in [3.8, 4) is 23.3 Å². The van der Waals surface area contributed by atoms with Gasteiger partial charge in [-0.2, -0.15) is 0 Å². The largest absolute Gasteiger partial charge is 0.376 e. The minimum absolute atomic E-state index is 0.780. The van der Waals surface area contributed by atoms with E-state index < -0.39 is 14.2 Å². The molecule has 122 valence electrons. The molecule has 0 aliphatic heterocycles. The molecule has 0 aliphatic rings. The summed E-state index contributed by atoms with van der Waals surface area (Å²) >= 11 is 0. The van der Waals surface area contributed by atoms with E-state index in [-0.39, 0.29) is 0 Å². The zero-order valence-corrected chi connectivity index (χ0v) is 16.1. The molecule has 2 heteroatoms. The molecule has 0 fully saturated rings. The molecule has 0 saturated carbocycles. The minimum Gasteiger partial charge on any atom is -0.376 e. The summed E-state index contributed by atoms with van der Waals surface area (Å²) in [6.45, 7) is 10.6. The summed E-state index contributed by atoms with van der Waals surface area (Å²) in [6.07, 6.45) is -0.791. The van der Waals surface area contributed by atoms with E-state index in [0.717, 1.165) is 16.7 Å². The van der Waals surface area contributed by atoms with Crippen LogP contribution in [0.4, 0.5) is 0 Å². The van der Waals surface area contributed by atoms with Crippen LogP contribution in [0.5, 0.6) is 0 Å². The van der Waals surface area contributed by atoms with E-state index in [1.807, 2.05) is 30.3 Å². The fourth-order valence-electron chi connectivity index (χ4n) is 2.35. The number of aliphatic hydroxyl groups excluding tert-OH is 1. The highest BCUT2D eigenvalue weighted by Crippen LogP contribution is 2.18. The molecule has 0 aliphatic carbocycles. The molecule has 1 nitrogen and oxygen atoms in total. The lowest BCUT2D eigenvalue weighted by atomic mass is 10.0. The van der Waals surface area contributed by atoms with Gasteiger partial charge in [0.15, 0.2) is 0 Å². The van der Waals surface area contributed by atoms with Crippen molar-refractivity contribution < 1.29 is 5.11 Å². The highest BCUT2D eigenvalue weighted by molar-refractivity contribution is 6.83. The number of aliphatic hydroxyl groups is 1. The summed E-state index contributed by atoms with van der Waals surface area (Å²) in [7, 11) is -1.51. The Labute approximate surface area is 146 Å². The first-order valence-corrected chi connectivity index (χ1v) is 11.7. The van der Waals surface area contributed by atoms with Crippen molar-refractivity contribution in [1.29, 1.82) is 0 Å². The maximum Gasteiger partial charge on any atom is 0.140 e. The Morgan fingerprint density at radius 2 is 1.50 bits per heavy atom. The van der Waals surface area contributed by atoms with Crippen molar-refractivity contribution in [2.45, 2.75) is 39.6 Å². The molecule has 1 unspecified atom stereocenters. The van der Waals surface area contributed by atoms with Gasteiger partial charge in [-0.05, 0) is 31.0 Å². The van der Waals surface area contributed by atoms with Crippen molar-refractivity contribution in [3.63, 3.8) is 0 Å². The van der Waals surface area contributed by atoms with Gasteiger partial charge < -0.3 is 5.11 Å². The Morgan fingerprint density at radius 1 is 0.875 bits per heavy atom. The zero-order valence-electron chi connectivity index (χ0n) is 15.1. The first-order chi connectivity index (χ1) is 11.3. The van der Waals surface area contributed by atoms with Gasteiger partial charge in [0.1, 0.15) is 14.2 Å². The summed E-state index contributed by atoms with van der Waals surface area (Å²) < 4.78 is 0. The van der Waals surface area contributed by atoms with Crippen LogP contribution in [0, 0.1) is 37.2 Å². The van der Waals surface area contributed by atoms with Gasteiger partial charge in [0.25, 0.3) is 0 Å². The number of hydrogen-bond donors (Lipinski definition) is 1. The highest BCUT2D eigenvalue weighted by atomic mass is 28.3. The van der Waals surface area contributed by atoms with Crippen molar-refractivity contribution in [1.82, 2.24) is 0 Å². The van der Waals surface area contributed by atoms with Crippen molar-refractivity contribution in [3.05, 3.63) is 70.3 Å². The molecule has 1 N–H and O–H groups in total. The molecule has 0 bridgehead atoms. The van der Waals surface area contributed by atoms with Gasteiger partial charge in [-0.15, -0.1) is 5.54 Å². The molecular formula is C22H24OSi. The third-order valence-electron chi connectivity index (χ3n) is 3.64. The zero-order chi connectivity index (χ0) is 17.7. The van der Waals surface area contributed by atoms with E-state index in [4.69, 9.17) is 0 Å². The molecule has 1 atom stereocenters. The number of rotatable bonds is 1. The summed E-state index contributed by atoms with van der Waals surface area (Å²) in [5.74, 6) is 9.49. The summed E-state index contributed by atoms with van der Waals surface area (Å²) in [5, 5.41) is 10.5. The van der Waals surface area contributed by atoms with Gasteiger partial charge in [-0.25, -0.2) is 0 Å². The first-order valence-electron chi connectivity index (χ1n) is 8.16. The molecule has 0 spiro atoms. The third-order valence-corrected chi connectivity index (χ3v) is 4.54. The van der Waals surface area contributed by atoms with Crippen molar-refractivity contribution in [2.24, 2.45) is 0 Å². The molecule has 0 aromatic heterocycles. The van der Waals surface area contributed by atoms with Crippen molar-refractivity contribution >= 4 is 8.07 Å². The molecule has 2 aromatic carbocycles. The van der Waals surface area contributed by atoms with Crippen LogP contribution < -0.4 is 0 Å². The molecule has 0 saturated heterocycles. The Balaban J connectivity index is 2.41. The monoisotopic (exact) mass is 332 g/mol. The first kappa shape index (κ1) is 18.1. The Hall–Kier alpha value is -2.26. The molecule has 0 radical (unpaired) electrons. The van der Waals surface area contributed by atoms with E-state index in [1.54, 1.807) is 0 Å². The predicted molar refractivity (Wildman–Crippen MR) is 104 cm³/mol. The Kier molecular flexibility index (Phi) is 5.68. The normalized spacial score (nSPS) is 11.8. The van der Waals surface area contributed by atoms with Crippen LogP contribution in [0.2, 0.25) is 19.6 Å². The molecule has 2 aromatic rings. The van der Waals surface area contributed by atoms with Crippen LogP contribution in [0.1, 0.15) is 33.9 Å².